The van der Waals surface area contributed by atoms with Crippen molar-refractivity contribution in [1.82, 2.24) is 14.9 Å². The number of aromatic nitrogens is 2. The van der Waals surface area contributed by atoms with E-state index >= 15 is 0 Å². The minimum Gasteiger partial charge on any atom is -0.353 e. The van der Waals surface area contributed by atoms with E-state index < -0.39 is 0 Å². The highest BCUT2D eigenvalue weighted by Gasteiger charge is 2.38. The van der Waals surface area contributed by atoms with Crippen LogP contribution in [0.1, 0.15) is 31.8 Å². The lowest BCUT2D eigenvalue weighted by Gasteiger charge is -2.03. The van der Waals surface area contributed by atoms with E-state index in [9.17, 15) is 9.59 Å². The van der Waals surface area contributed by atoms with Crippen molar-refractivity contribution in [2.75, 3.05) is 7.05 Å². The van der Waals surface area contributed by atoms with Crippen LogP contribution >= 0.6 is 0 Å². The molecule has 0 saturated heterocycles. The lowest BCUT2D eigenvalue weighted by Crippen LogP contribution is -2.24. The molecule has 0 bridgehead atoms. The van der Waals surface area contributed by atoms with Crippen LogP contribution in [0.15, 0.2) is 36.4 Å². The maximum atomic E-state index is 13.1. The van der Waals surface area contributed by atoms with E-state index in [-0.39, 0.29) is 11.8 Å². The van der Waals surface area contributed by atoms with Crippen molar-refractivity contribution in [2.24, 2.45) is 0 Å². The van der Waals surface area contributed by atoms with Gasteiger partial charge < -0.3 is 9.97 Å². The second-order valence-electron chi connectivity index (χ2n) is 7.77. The summed E-state index contributed by atoms with van der Waals surface area (Å²) in [6.45, 7) is 4.08. The van der Waals surface area contributed by atoms with Crippen LogP contribution in [0, 0.1) is 13.8 Å². The maximum Gasteiger partial charge on any atom is 0.262 e. The van der Waals surface area contributed by atoms with Crippen molar-refractivity contribution in [2.45, 2.75) is 13.8 Å². The van der Waals surface area contributed by atoms with Crippen molar-refractivity contribution in [3.05, 3.63) is 58.7 Å². The SMILES string of the molecule is Cc1ccc2c(c1)[nH]c1c3[nH]c4cc(C)ccc4c3c3c(c21)C(=O)N(C)C3=O. The third kappa shape index (κ3) is 1.67. The number of carbonyl (C=O) groups is 2. The molecule has 28 heavy (non-hydrogen) atoms. The predicted molar refractivity (Wildman–Crippen MR) is 111 cm³/mol. The number of rotatable bonds is 0. The van der Waals surface area contributed by atoms with E-state index in [0.717, 1.165) is 54.7 Å². The molecule has 5 aromatic rings. The zero-order valence-electron chi connectivity index (χ0n) is 15.7. The van der Waals surface area contributed by atoms with E-state index in [1.165, 1.54) is 4.90 Å². The van der Waals surface area contributed by atoms with E-state index in [4.69, 9.17) is 0 Å². The number of fused-ring (bicyclic) bond motifs is 10. The van der Waals surface area contributed by atoms with Gasteiger partial charge in [-0.05, 0) is 37.1 Å². The summed E-state index contributed by atoms with van der Waals surface area (Å²) >= 11 is 0. The number of aromatic amines is 2. The molecule has 0 unspecified atom stereocenters. The molecule has 1 aliphatic rings. The Bertz CT molecular complexity index is 1420. The number of benzene rings is 3. The van der Waals surface area contributed by atoms with Gasteiger partial charge in [-0.25, -0.2) is 0 Å². The number of aryl methyl sites for hydroxylation is 2. The Morgan fingerprint density at radius 2 is 1.14 bits per heavy atom. The Hall–Kier alpha value is -3.60. The average molecular weight is 367 g/mol. The third-order valence-electron chi connectivity index (χ3n) is 5.95. The predicted octanol–water partition coefficient (Wildman–Crippen LogP) is 4.80. The zero-order valence-corrected chi connectivity index (χ0v) is 15.7. The first-order chi connectivity index (χ1) is 13.5. The second-order valence-corrected chi connectivity index (χ2v) is 7.77. The first-order valence-corrected chi connectivity index (χ1v) is 9.28. The first-order valence-electron chi connectivity index (χ1n) is 9.28. The Labute approximate surface area is 159 Å². The van der Waals surface area contributed by atoms with Gasteiger partial charge in [0.05, 0.1) is 22.2 Å². The summed E-state index contributed by atoms with van der Waals surface area (Å²) in [5, 5.41) is 3.57. The Kier molecular flexibility index (Phi) is 2.66. The van der Waals surface area contributed by atoms with Crippen molar-refractivity contribution >= 4 is 55.4 Å². The fourth-order valence-corrected chi connectivity index (χ4v) is 4.62. The van der Waals surface area contributed by atoms with Crippen LogP contribution in [0.3, 0.4) is 0 Å². The fourth-order valence-electron chi connectivity index (χ4n) is 4.62. The monoisotopic (exact) mass is 367 g/mol. The molecule has 2 N–H and O–H groups in total. The summed E-state index contributed by atoms with van der Waals surface area (Å²) in [5.41, 5.74) is 6.97. The molecule has 1 aliphatic heterocycles. The molecule has 0 radical (unpaired) electrons. The first kappa shape index (κ1) is 15.5. The van der Waals surface area contributed by atoms with E-state index in [0.29, 0.717) is 11.1 Å². The summed E-state index contributed by atoms with van der Waals surface area (Å²) in [6.07, 6.45) is 0. The topological polar surface area (TPSA) is 69.0 Å². The Morgan fingerprint density at radius 3 is 1.57 bits per heavy atom. The average Bonchev–Trinajstić information content (AvgIpc) is 3.28. The Morgan fingerprint density at radius 1 is 0.714 bits per heavy atom. The molecule has 0 saturated carbocycles. The number of amides is 2. The highest BCUT2D eigenvalue weighted by Crippen LogP contribution is 2.43. The van der Waals surface area contributed by atoms with E-state index in [2.05, 4.69) is 22.1 Å². The maximum absolute atomic E-state index is 13.1. The molecule has 3 aromatic carbocycles. The van der Waals surface area contributed by atoms with Gasteiger partial charge in [-0.2, -0.15) is 0 Å². The molecular weight excluding hydrogens is 350 g/mol. The summed E-state index contributed by atoms with van der Waals surface area (Å²) < 4.78 is 0. The summed E-state index contributed by atoms with van der Waals surface area (Å²) in [6, 6.07) is 12.3. The number of hydrogen-bond acceptors (Lipinski definition) is 2. The number of H-pyrrole nitrogens is 2. The zero-order chi connectivity index (χ0) is 19.3. The standard InChI is InChI=1S/C23H17N3O2/c1-10-4-6-12-14(8-10)24-20-16(12)18-19(23(28)26(3)22(18)27)17-13-7-5-11(2)9-15(13)25-21(17)20/h4-9,24-25H,1-3H3. The molecule has 2 aromatic heterocycles. The highest BCUT2D eigenvalue weighted by atomic mass is 16.2. The lowest BCUT2D eigenvalue weighted by atomic mass is 9.96. The van der Waals surface area contributed by atoms with Crippen LogP contribution in [0.4, 0.5) is 0 Å². The van der Waals surface area contributed by atoms with Gasteiger partial charge in [0.2, 0.25) is 0 Å². The van der Waals surface area contributed by atoms with Crippen molar-refractivity contribution < 1.29 is 9.59 Å². The van der Waals surface area contributed by atoms with Gasteiger partial charge in [0, 0.05) is 39.6 Å². The van der Waals surface area contributed by atoms with Gasteiger partial charge >= 0.3 is 0 Å². The highest BCUT2D eigenvalue weighted by molar-refractivity contribution is 6.39. The van der Waals surface area contributed by atoms with E-state index in [1.54, 1.807) is 7.05 Å². The molecule has 0 spiro atoms. The second kappa shape index (κ2) is 4.81. The number of nitrogens with zero attached hydrogens (tertiary/aromatic N) is 1. The summed E-state index contributed by atoms with van der Waals surface area (Å²) in [5.74, 6) is -0.482. The van der Waals surface area contributed by atoms with Crippen LogP contribution in [-0.4, -0.2) is 33.7 Å². The Balaban J connectivity index is 1.98. The van der Waals surface area contributed by atoms with Crippen LogP contribution in [-0.2, 0) is 0 Å². The van der Waals surface area contributed by atoms with Gasteiger partial charge in [-0.3, -0.25) is 14.5 Å². The van der Waals surface area contributed by atoms with Crippen LogP contribution < -0.4 is 0 Å². The number of hydrogen-bond donors (Lipinski definition) is 2. The normalized spacial score (nSPS) is 14.3. The van der Waals surface area contributed by atoms with Crippen LogP contribution in [0.2, 0.25) is 0 Å². The minimum absolute atomic E-state index is 0.241. The van der Waals surface area contributed by atoms with E-state index in [1.807, 2.05) is 38.1 Å². The molecule has 0 aliphatic carbocycles. The fraction of sp³-hybridized carbons (Fsp3) is 0.130. The van der Waals surface area contributed by atoms with Gasteiger partial charge in [-0.1, -0.05) is 24.3 Å². The molecular formula is C23H17N3O2. The lowest BCUT2D eigenvalue weighted by molar-refractivity contribution is 0.0694. The summed E-state index contributed by atoms with van der Waals surface area (Å²) in [4.78, 5) is 34.4. The number of nitrogens with one attached hydrogen (secondary N) is 2. The van der Waals surface area contributed by atoms with Gasteiger partial charge in [0.15, 0.2) is 0 Å². The van der Waals surface area contributed by atoms with Gasteiger partial charge in [0.25, 0.3) is 11.8 Å². The largest absolute Gasteiger partial charge is 0.353 e. The van der Waals surface area contributed by atoms with Gasteiger partial charge in [0.1, 0.15) is 0 Å². The van der Waals surface area contributed by atoms with Crippen LogP contribution in [0.5, 0.6) is 0 Å². The molecule has 136 valence electrons. The molecule has 5 heteroatoms. The quantitative estimate of drug-likeness (QED) is 0.386. The van der Waals surface area contributed by atoms with Gasteiger partial charge in [-0.15, -0.1) is 0 Å². The number of imide groups is 1. The molecule has 0 atom stereocenters. The molecule has 2 amide bonds. The molecule has 5 nitrogen and oxygen atoms in total. The molecule has 3 heterocycles. The van der Waals surface area contributed by atoms with Crippen molar-refractivity contribution in [1.29, 1.82) is 0 Å². The van der Waals surface area contributed by atoms with Crippen molar-refractivity contribution in [3.63, 3.8) is 0 Å². The minimum atomic E-state index is -0.241. The third-order valence-corrected chi connectivity index (χ3v) is 5.95. The number of carbonyl (C=O) groups excluding carboxylic acids is 2. The summed E-state index contributed by atoms with van der Waals surface area (Å²) in [7, 11) is 1.56. The molecule has 0 fully saturated rings. The smallest absolute Gasteiger partial charge is 0.262 e. The van der Waals surface area contributed by atoms with Crippen LogP contribution in [0.25, 0.3) is 43.6 Å². The molecule has 6 rings (SSSR count). The van der Waals surface area contributed by atoms with Crippen molar-refractivity contribution in [3.8, 4) is 0 Å².